The lowest BCUT2D eigenvalue weighted by atomic mass is 10.00. The number of oxazole rings is 1. The summed E-state index contributed by atoms with van der Waals surface area (Å²) in [6.07, 6.45) is 0.763. The van der Waals surface area contributed by atoms with Gasteiger partial charge in [0.05, 0.1) is 17.9 Å². The van der Waals surface area contributed by atoms with E-state index >= 15 is 0 Å². The lowest BCUT2D eigenvalue weighted by Crippen LogP contribution is -2.36. The Morgan fingerprint density at radius 1 is 1.07 bits per heavy atom. The van der Waals surface area contributed by atoms with Crippen LogP contribution >= 0.6 is 0 Å². The highest BCUT2D eigenvalue weighted by molar-refractivity contribution is 5.92. The van der Waals surface area contributed by atoms with Gasteiger partial charge in [-0.05, 0) is 18.6 Å². The minimum atomic E-state index is -0.191. The molecule has 0 unspecified atom stereocenters. The first-order valence-electron chi connectivity index (χ1n) is 8.96. The van der Waals surface area contributed by atoms with Gasteiger partial charge in [0.1, 0.15) is 5.52 Å². The van der Waals surface area contributed by atoms with Crippen LogP contribution in [0, 0.1) is 0 Å². The van der Waals surface area contributed by atoms with Crippen LogP contribution in [-0.4, -0.2) is 32.1 Å². The van der Waals surface area contributed by atoms with E-state index in [1.165, 1.54) is 5.56 Å². The molecule has 5 rings (SSSR count). The lowest BCUT2D eigenvalue weighted by molar-refractivity contribution is 0.0694. The quantitative estimate of drug-likeness (QED) is 0.551. The van der Waals surface area contributed by atoms with Gasteiger partial charge in [-0.3, -0.25) is 9.48 Å². The highest BCUT2D eigenvalue weighted by Crippen LogP contribution is 2.30. The van der Waals surface area contributed by atoms with Crippen molar-refractivity contribution < 1.29 is 9.21 Å². The molecule has 6 nitrogen and oxygen atoms in total. The number of carbonyl (C=O) groups is 1. The second-order valence-corrected chi connectivity index (χ2v) is 6.73. The molecule has 0 radical (unpaired) electrons. The highest BCUT2D eigenvalue weighted by atomic mass is 16.4. The van der Waals surface area contributed by atoms with Gasteiger partial charge in [0, 0.05) is 24.7 Å². The van der Waals surface area contributed by atoms with Crippen molar-refractivity contribution in [2.24, 2.45) is 7.05 Å². The second-order valence-electron chi connectivity index (χ2n) is 6.73. The van der Waals surface area contributed by atoms with Gasteiger partial charge >= 0.3 is 5.91 Å². The van der Waals surface area contributed by atoms with Crippen LogP contribution in [0.15, 0.2) is 59.0 Å². The maximum absolute atomic E-state index is 12.9. The van der Waals surface area contributed by atoms with E-state index < -0.39 is 0 Å². The van der Waals surface area contributed by atoms with Crippen LogP contribution in [0.25, 0.3) is 22.4 Å². The third kappa shape index (κ3) is 2.61. The van der Waals surface area contributed by atoms with Crippen molar-refractivity contribution >= 4 is 17.0 Å². The largest absolute Gasteiger partial charge is 0.432 e. The summed E-state index contributed by atoms with van der Waals surface area (Å²) in [7, 11) is 1.95. The summed E-state index contributed by atoms with van der Waals surface area (Å²) in [4.78, 5) is 19.0. The maximum Gasteiger partial charge on any atom is 0.310 e. The predicted molar refractivity (Wildman–Crippen MR) is 101 cm³/mol. The Morgan fingerprint density at radius 2 is 1.85 bits per heavy atom. The summed E-state index contributed by atoms with van der Waals surface area (Å²) >= 11 is 0. The number of nitrogens with zero attached hydrogens (tertiary/aromatic N) is 4. The van der Waals surface area contributed by atoms with Gasteiger partial charge in [-0.25, -0.2) is 4.98 Å². The number of fused-ring (bicyclic) bond motifs is 2. The van der Waals surface area contributed by atoms with E-state index in [1.807, 2.05) is 54.2 Å². The van der Waals surface area contributed by atoms with Gasteiger partial charge < -0.3 is 9.32 Å². The summed E-state index contributed by atoms with van der Waals surface area (Å²) in [6, 6.07) is 17.7. The van der Waals surface area contributed by atoms with Gasteiger partial charge in [0.25, 0.3) is 5.89 Å². The van der Waals surface area contributed by atoms with Crippen molar-refractivity contribution in [2.45, 2.75) is 13.0 Å². The zero-order chi connectivity index (χ0) is 18.4. The van der Waals surface area contributed by atoms with E-state index in [0.717, 1.165) is 23.4 Å². The van der Waals surface area contributed by atoms with Crippen molar-refractivity contribution in [3.8, 4) is 11.3 Å². The average molecular weight is 358 g/mol. The maximum atomic E-state index is 12.9. The Bertz CT molecular complexity index is 1110. The van der Waals surface area contributed by atoms with Gasteiger partial charge in [-0.2, -0.15) is 5.10 Å². The highest BCUT2D eigenvalue weighted by Gasteiger charge is 2.29. The summed E-state index contributed by atoms with van der Waals surface area (Å²) in [5, 5.41) is 4.67. The van der Waals surface area contributed by atoms with Crippen molar-refractivity contribution in [2.75, 3.05) is 6.54 Å². The van der Waals surface area contributed by atoms with E-state index in [2.05, 4.69) is 22.2 Å². The average Bonchev–Trinajstić information content (AvgIpc) is 3.27. The molecule has 0 N–H and O–H groups in total. The standard InChI is InChI=1S/C21H18N4O2/c1-24-19(14-7-3-2-4-8-14)15-11-12-25(13-17(15)23-24)21(26)20-22-16-9-5-6-10-18(16)27-20/h2-10H,11-13H2,1H3. The first kappa shape index (κ1) is 15.8. The number of hydrogen-bond acceptors (Lipinski definition) is 4. The van der Waals surface area contributed by atoms with E-state index in [1.54, 1.807) is 4.90 Å². The Labute approximate surface area is 156 Å². The van der Waals surface area contributed by atoms with Crippen LogP contribution in [0.3, 0.4) is 0 Å². The zero-order valence-electron chi connectivity index (χ0n) is 14.9. The number of aromatic nitrogens is 3. The number of para-hydroxylation sites is 2. The molecule has 4 aromatic rings. The number of rotatable bonds is 2. The normalized spacial score (nSPS) is 13.7. The monoisotopic (exact) mass is 358 g/mol. The molecule has 0 atom stereocenters. The van der Waals surface area contributed by atoms with Crippen LogP contribution in [0.5, 0.6) is 0 Å². The number of amides is 1. The van der Waals surface area contributed by atoms with E-state index in [0.29, 0.717) is 24.2 Å². The molecule has 134 valence electrons. The first-order chi connectivity index (χ1) is 13.2. The van der Waals surface area contributed by atoms with Gasteiger partial charge in [-0.1, -0.05) is 42.5 Å². The topological polar surface area (TPSA) is 64.2 Å². The van der Waals surface area contributed by atoms with Crippen LogP contribution in [0.4, 0.5) is 0 Å². The van der Waals surface area contributed by atoms with Crippen LogP contribution in [0.2, 0.25) is 0 Å². The fraction of sp³-hybridized carbons (Fsp3) is 0.190. The number of benzene rings is 2. The molecule has 0 saturated heterocycles. The Hall–Kier alpha value is -3.41. The smallest absolute Gasteiger partial charge is 0.310 e. The molecule has 0 aliphatic carbocycles. The molecule has 1 aliphatic heterocycles. The summed E-state index contributed by atoms with van der Waals surface area (Å²) in [5.41, 5.74) is 5.75. The second kappa shape index (κ2) is 6.09. The fourth-order valence-corrected chi connectivity index (χ4v) is 3.75. The third-order valence-electron chi connectivity index (χ3n) is 5.01. The molecule has 6 heteroatoms. The van der Waals surface area contributed by atoms with Crippen molar-refractivity contribution in [1.82, 2.24) is 19.7 Å². The van der Waals surface area contributed by atoms with Crippen LogP contribution in [0.1, 0.15) is 21.9 Å². The molecule has 3 heterocycles. The minimum Gasteiger partial charge on any atom is -0.432 e. The first-order valence-corrected chi connectivity index (χ1v) is 8.96. The van der Waals surface area contributed by atoms with Gasteiger partial charge in [0.2, 0.25) is 0 Å². The van der Waals surface area contributed by atoms with E-state index in [9.17, 15) is 4.79 Å². The zero-order valence-corrected chi connectivity index (χ0v) is 14.9. The molecular weight excluding hydrogens is 340 g/mol. The summed E-state index contributed by atoms with van der Waals surface area (Å²) in [5.74, 6) is -0.0531. The summed E-state index contributed by atoms with van der Waals surface area (Å²) in [6.45, 7) is 1.09. The third-order valence-corrected chi connectivity index (χ3v) is 5.01. The Morgan fingerprint density at radius 3 is 2.67 bits per heavy atom. The molecule has 1 aliphatic rings. The van der Waals surface area contributed by atoms with E-state index in [4.69, 9.17) is 4.42 Å². The fourth-order valence-electron chi connectivity index (χ4n) is 3.75. The number of hydrogen-bond donors (Lipinski definition) is 0. The molecule has 1 amide bonds. The van der Waals surface area contributed by atoms with Crippen molar-refractivity contribution in [1.29, 1.82) is 0 Å². The molecule has 2 aromatic carbocycles. The van der Waals surface area contributed by atoms with E-state index in [-0.39, 0.29) is 11.8 Å². The van der Waals surface area contributed by atoms with Crippen molar-refractivity contribution in [3.05, 3.63) is 71.7 Å². The van der Waals surface area contributed by atoms with Gasteiger partial charge in [0.15, 0.2) is 5.58 Å². The lowest BCUT2D eigenvalue weighted by Gasteiger charge is -2.25. The molecular formula is C21H18N4O2. The molecule has 0 bridgehead atoms. The number of carbonyl (C=O) groups excluding carboxylic acids is 1. The van der Waals surface area contributed by atoms with Crippen LogP contribution in [-0.2, 0) is 20.0 Å². The van der Waals surface area contributed by atoms with Gasteiger partial charge in [-0.15, -0.1) is 0 Å². The minimum absolute atomic E-state index is 0.138. The predicted octanol–water partition coefficient (Wildman–Crippen LogP) is 3.43. The molecule has 0 spiro atoms. The summed E-state index contributed by atoms with van der Waals surface area (Å²) < 4.78 is 7.55. The van der Waals surface area contributed by atoms with Crippen LogP contribution < -0.4 is 0 Å². The molecule has 0 fully saturated rings. The SMILES string of the molecule is Cn1nc2c(c1-c1ccccc1)CCN(C(=O)c1nc3ccccc3o1)C2. The van der Waals surface area contributed by atoms with Crippen molar-refractivity contribution in [3.63, 3.8) is 0 Å². The Kier molecular flexibility index (Phi) is 3.57. The Balaban J connectivity index is 1.45. The molecule has 27 heavy (non-hydrogen) atoms. The molecule has 2 aromatic heterocycles. The molecule has 0 saturated carbocycles. The number of aryl methyl sites for hydroxylation is 1.